The minimum absolute atomic E-state index is 0.998. The molecule has 0 spiro atoms. The Labute approximate surface area is 82.1 Å². The van der Waals surface area contributed by atoms with Crippen LogP contribution in [0.1, 0.15) is 12.0 Å². The number of hydrazone groups is 1. The molecule has 0 fully saturated rings. The number of amidine groups is 1. The first-order chi connectivity index (χ1) is 6.31. The summed E-state index contributed by atoms with van der Waals surface area (Å²) in [6.07, 6.45) is 1.02. The molecule has 0 aromatic carbocycles. The summed E-state index contributed by atoms with van der Waals surface area (Å²) in [6, 6.07) is 2.13. The Hall–Kier alpha value is -1.03. The van der Waals surface area contributed by atoms with Gasteiger partial charge in [0.25, 0.3) is 0 Å². The van der Waals surface area contributed by atoms with Crippen LogP contribution in [0.15, 0.2) is 16.5 Å². The van der Waals surface area contributed by atoms with Crippen molar-refractivity contribution in [1.82, 2.24) is 5.32 Å². The Balaban J connectivity index is 2.20. The van der Waals surface area contributed by atoms with Gasteiger partial charge in [-0.05, 0) is 23.9 Å². The van der Waals surface area contributed by atoms with E-state index in [1.165, 1.54) is 10.6 Å². The molecule has 1 aliphatic heterocycles. The fourth-order valence-electron chi connectivity index (χ4n) is 1.41. The highest BCUT2D eigenvalue weighted by Crippen LogP contribution is 2.28. The minimum Gasteiger partial charge on any atom is -0.375 e. The zero-order valence-corrected chi connectivity index (χ0v) is 8.69. The molecule has 4 heteroatoms. The van der Waals surface area contributed by atoms with E-state index in [-0.39, 0.29) is 0 Å². The summed E-state index contributed by atoms with van der Waals surface area (Å²) < 4.78 is 0. The van der Waals surface area contributed by atoms with Crippen molar-refractivity contribution in [2.24, 2.45) is 5.10 Å². The lowest BCUT2D eigenvalue weighted by atomic mass is 10.3. The third-order valence-electron chi connectivity index (χ3n) is 2.16. The fraction of sp³-hybridized carbons (Fsp3) is 0.444. The van der Waals surface area contributed by atoms with E-state index < -0.39 is 0 Å². The van der Waals surface area contributed by atoms with Gasteiger partial charge < -0.3 is 5.32 Å². The number of thiophene rings is 1. The van der Waals surface area contributed by atoms with Gasteiger partial charge in [-0.2, -0.15) is 5.10 Å². The van der Waals surface area contributed by atoms with Gasteiger partial charge in [-0.15, -0.1) is 11.3 Å². The highest BCUT2D eigenvalue weighted by molar-refractivity contribution is 7.14. The SMILES string of the molecule is CNC1=NN(c2sccc2C)CC1. The molecule has 13 heavy (non-hydrogen) atoms. The van der Waals surface area contributed by atoms with Crippen LogP contribution < -0.4 is 10.3 Å². The van der Waals surface area contributed by atoms with E-state index in [0.29, 0.717) is 0 Å². The van der Waals surface area contributed by atoms with E-state index in [2.05, 4.69) is 33.8 Å². The van der Waals surface area contributed by atoms with E-state index in [4.69, 9.17) is 0 Å². The summed E-state index contributed by atoms with van der Waals surface area (Å²) in [6.45, 7) is 3.12. The molecule has 2 heterocycles. The van der Waals surface area contributed by atoms with Gasteiger partial charge in [-0.1, -0.05) is 0 Å². The first-order valence-electron chi connectivity index (χ1n) is 4.38. The predicted octanol–water partition coefficient (Wildman–Crippen LogP) is 1.80. The maximum absolute atomic E-state index is 4.46. The summed E-state index contributed by atoms with van der Waals surface area (Å²) in [5.74, 6) is 1.08. The molecule has 0 saturated heterocycles. The van der Waals surface area contributed by atoms with E-state index >= 15 is 0 Å². The van der Waals surface area contributed by atoms with Crippen LogP contribution in [0.3, 0.4) is 0 Å². The average Bonchev–Trinajstić information content (AvgIpc) is 2.71. The molecule has 0 saturated carbocycles. The maximum Gasteiger partial charge on any atom is 0.124 e. The van der Waals surface area contributed by atoms with Crippen LogP contribution in [0.2, 0.25) is 0 Å². The van der Waals surface area contributed by atoms with Gasteiger partial charge in [-0.3, -0.25) is 5.01 Å². The number of anilines is 1. The zero-order chi connectivity index (χ0) is 9.26. The summed E-state index contributed by atoms with van der Waals surface area (Å²) in [5.41, 5.74) is 1.31. The molecule has 0 unspecified atom stereocenters. The van der Waals surface area contributed by atoms with Gasteiger partial charge in [0.2, 0.25) is 0 Å². The van der Waals surface area contributed by atoms with Crippen LogP contribution in [-0.2, 0) is 0 Å². The number of nitrogens with zero attached hydrogens (tertiary/aromatic N) is 2. The monoisotopic (exact) mass is 195 g/mol. The molecular formula is C9H13N3S. The molecule has 2 rings (SSSR count). The molecule has 0 bridgehead atoms. The normalized spacial score (nSPS) is 16.2. The topological polar surface area (TPSA) is 27.6 Å². The molecule has 0 amide bonds. The van der Waals surface area contributed by atoms with Gasteiger partial charge in [0.1, 0.15) is 10.8 Å². The predicted molar refractivity (Wildman–Crippen MR) is 57.5 cm³/mol. The molecule has 1 aromatic heterocycles. The van der Waals surface area contributed by atoms with Crippen LogP contribution >= 0.6 is 11.3 Å². The molecule has 0 atom stereocenters. The molecule has 1 N–H and O–H groups in total. The number of hydrogen-bond donors (Lipinski definition) is 1. The van der Waals surface area contributed by atoms with Crippen LogP contribution in [0.25, 0.3) is 0 Å². The molecule has 1 aliphatic rings. The lowest BCUT2D eigenvalue weighted by Gasteiger charge is -2.11. The third kappa shape index (κ3) is 1.54. The molecule has 3 nitrogen and oxygen atoms in total. The second-order valence-electron chi connectivity index (χ2n) is 3.08. The largest absolute Gasteiger partial charge is 0.375 e. The van der Waals surface area contributed by atoms with Crippen molar-refractivity contribution in [3.8, 4) is 0 Å². The average molecular weight is 195 g/mol. The Morgan fingerprint density at radius 3 is 3.00 bits per heavy atom. The number of aryl methyl sites for hydroxylation is 1. The number of nitrogens with one attached hydrogen (secondary N) is 1. The standard InChI is InChI=1S/C9H13N3S/c1-7-4-6-13-9(7)12-5-3-8(10-2)11-12/h4,6H,3,5H2,1-2H3,(H,10,11). The Kier molecular flexibility index (Phi) is 2.22. The van der Waals surface area contributed by atoms with Gasteiger partial charge in [0.05, 0.1) is 0 Å². The van der Waals surface area contributed by atoms with E-state index in [0.717, 1.165) is 18.8 Å². The van der Waals surface area contributed by atoms with Gasteiger partial charge in [0, 0.05) is 20.0 Å². The Morgan fingerprint density at radius 2 is 2.46 bits per heavy atom. The van der Waals surface area contributed by atoms with E-state index in [1.54, 1.807) is 11.3 Å². The smallest absolute Gasteiger partial charge is 0.124 e. The zero-order valence-electron chi connectivity index (χ0n) is 7.87. The summed E-state index contributed by atoms with van der Waals surface area (Å²) in [4.78, 5) is 0. The van der Waals surface area contributed by atoms with E-state index in [1.807, 2.05) is 7.05 Å². The van der Waals surface area contributed by atoms with Crippen molar-refractivity contribution < 1.29 is 0 Å². The van der Waals surface area contributed by atoms with Crippen molar-refractivity contribution in [1.29, 1.82) is 0 Å². The van der Waals surface area contributed by atoms with Crippen molar-refractivity contribution in [3.63, 3.8) is 0 Å². The van der Waals surface area contributed by atoms with Crippen LogP contribution in [0, 0.1) is 6.92 Å². The molecular weight excluding hydrogens is 182 g/mol. The molecule has 1 aromatic rings. The van der Waals surface area contributed by atoms with Crippen molar-refractivity contribution >= 4 is 22.2 Å². The Bertz CT molecular complexity index is 329. The maximum atomic E-state index is 4.46. The number of rotatable bonds is 1. The van der Waals surface area contributed by atoms with Crippen molar-refractivity contribution in [2.45, 2.75) is 13.3 Å². The Morgan fingerprint density at radius 1 is 1.62 bits per heavy atom. The minimum atomic E-state index is 0.998. The lowest BCUT2D eigenvalue weighted by molar-refractivity contribution is 0.929. The fourth-order valence-corrected chi connectivity index (χ4v) is 2.32. The second kappa shape index (κ2) is 3.38. The quantitative estimate of drug-likeness (QED) is 0.740. The van der Waals surface area contributed by atoms with Gasteiger partial charge in [0.15, 0.2) is 0 Å². The van der Waals surface area contributed by atoms with Crippen molar-refractivity contribution in [2.75, 3.05) is 18.6 Å². The first-order valence-corrected chi connectivity index (χ1v) is 5.26. The first kappa shape index (κ1) is 8.56. The highest BCUT2D eigenvalue weighted by Gasteiger charge is 2.16. The van der Waals surface area contributed by atoms with Gasteiger partial charge in [-0.25, -0.2) is 0 Å². The summed E-state index contributed by atoms with van der Waals surface area (Å²) in [5, 5.41) is 13.0. The van der Waals surface area contributed by atoms with Crippen LogP contribution in [0.5, 0.6) is 0 Å². The summed E-state index contributed by atoms with van der Waals surface area (Å²) in [7, 11) is 1.92. The number of hydrogen-bond acceptors (Lipinski definition) is 4. The van der Waals surface area contributed by atoms with Crippen LogP contribution in [-0.4, -0.2) is 19.4 Å². The molecule has 0 aliphatic carbocycles. The highest BCUT2D eigenvalue weighted by atomic mass is 32.1. The van der Waals surface area contributed by atoms with E-state index in [9.17, 15) is 0 Å². The van der Waals surface area contributed by atoms with Crippen LogP contribution in [0.4, 0.5) is 5.00 Å². The third-order valence-corrected chi connectivity index (χ3v) is 3.19. The lowest BCUT2D eigenvalue weighted by Crippen LogP contribution is -2.14. The van der Waals surface area contributed by atoms with Crippen molar-refractivity contribution in [3.05, 3.63) is 17.0 Å². The van der Waals surface area contributed by atoms with Gasteiger partial charge >= 0.3 is 0 Å². The molecule has 70 valence electrons. The summed E-state index contributed by atoms with van der Waals surface area (Å²) >= 11 is 1.75. The molecule has 0 radical (unpaired) electrons. The second-order valence-corrected chi connectivity index (χ2v) is 3.97.